The van der Waals surface area contributed by atoms with Gasteiger partial charge in [0.25, 0.3) is 0 Å². The van der Waals surface area contributed by atoms with Gasteiger partial charge in [0.15, 0.2) is 0 Å². The van der Waals surface area contributed by atoms with Crippen LogP contribution in [-0.4, -0.2) is 35.7 Å². The van der Waals surface area contributed by atoms with Gasteiger partial charge in [0, 0.05) is 0 Å². The fourth-order valence-electron chi connectivity index (χ4n) is 2.11. The number of nitrogens with one attached hydrogen (secondary N) is 1. The van der Waals surface area contributed by atoms with Crippen LogP contribution in [0.3, 0.4) is 0 Å². The number of hydrogen-bond donors (Lipinski definition) is 1. The standard InChI is InChI=1S/C11H19F3N2O/c1-4-9-15-8(5-7(2)3)10(17)16(9)6-11(12,13)14/h7-9,15H,4-6H2,1-3H3. The summed E-state index contributed by atoms with van der Waals surface area (Å²) in [6.07, 6.45) is -3.77. The molecule has 0 saturated carbocycles. The first-order valence-electron chi connectivity index (χ1n) is 5.88. The summed E-state index contributed by atoms with van der Waals surface area (Å²) in [5.74, 6) is -0.150. The molecule has 0 radical (unpaired) electrons. The fourth-order valence-corrected chi connectivity index (χ4v) is 2.11. The van der Waals surface area contributed by atoms with Crippen molar-refractivity contribution in [2.24, 2.45) is 5.92 Å². The lowest BCUT2D eigenvalue weighted by molar-refractivity contribution is -0.161. The summed E-state index contributed by atoms with van der Waals surface area (Å²) < 4.78 is 37.1. The van der Waals surface area contributed by atoms with Gasteiger partial charge in [-0.15, -0.1) is 0 Å². The number of alkyl halides is 3. The van der Waals surface area contributed by atoms with Crippen LogP contribution in [0, 0.1) is 5.92 Å². The van der Waals surface area contributed by atoms with E-state index in [2.05, 4.69) is 5.32 Å². The Hall–Kier alpha value is -0.780. The third kappa shape index (κ3) is 3.87. The molecule has 0 aromatic heterocycles. The largest absolute Gasteiger partial charge is 0.406 e. The summed E-state index contributed by atoms with van der Waals surface area (Å²) in [6, 6.07) is -0.470. The first kappa shape index (κ1) is 14.3. The van der Waals surface area contributed by atoms with E-state index >= 15 is 0 Å². The first-order chi connectivity index (χ1) is 7.74. The van der Waals surface area contributed by atoms with Gasteiger partial charge in [0.2, 0.25) is 5.91 Å². The topological polar surface area (TPSA) is 32.3 Å². The fraction of sp³-hybridized carbons (Fsp3) is 0.909. The Morgan fingerprint density at radius 1 is 1.41 bits per heavy atom. The normalized spacial score (nSPS) is 26.1. The molecule has 0 spiro atoms. The molecule has 6 heteroatoms. The van der Waals surface area contributed by atoms with Crippen LogP contribution in [0.4, 0.5) is 13.2 Å². The summed E-state index contributed by atoms with van der Waals surface area (Å²) in [5, 5.41) is 2.97. The van der Waals surface area contributed by atoms with Crippen molar-refractivity contribution in [3.8, 4) is 0 Å². The maximum Gasteiger partial charge on any atom is 0.406 e. The molecule has 0 aromatic carbocycles. The minimum absolute atomic E-state index is 0.278. The molecule has 100 valence electrons. The zero-order valence-electron chi connectivity index (χ0n) is 10.3. The van der Waals surface area contributed by atoms with Crippen molar-refractivity contribution in [3.63, 3.8) is 0 Å². The molecule has 1 rings (SSSR count). The van der Waals surface area contributed by atoms with E-state index in [0.717, 1.165) is 4.90 Å². The molecule has 3 nitrogen and oxygen atoms in total. The Labute approximate surface area is 99.4 Å². The van der Waals surface area contributed by atoms with Crippen molar-refractivity contribution in [2.45, 2.75) is 52.0 Å². The second-order valence-electron chi connectivity index (χ2n) is 4.85. The number of carbonyl (C=O) groups excluding carboxylic acids is 1. The van der Waals surface area contributed by atoms with Crippen LogP contribution in [0.25, 0.3) is 0 Å². The Bertz CT molecular complexity index is 278. The Morgan fingerprint density at radius 2 is 2.00 bits per heavy atom. The van der Waals surface area contributed by atoms with Crippen LogP contribution in [0.1, 0.15) is 33.6 Å². The molecule has 0 aliphatic carbocycles. The third-order valence-electron chi connectivity index (χ3n) is 2.79. The first-order valence-corrected chi connectivity index (χ1v) is 5.88. The molecular formula is C11H19F3N2O. The lowest BCUT2D eigenvalue weighted by atomic mass is 10.0. The van der Waals surface area contributed by atoms with Gasteiger partial charge in [-0.2, -0.15) is 13.2 Å². The number of nitrogens with zero attached hydrogens (tertiary/aromatic N) is 1. The maximum atomic E-state index is 12.4. The van der Waals surface area contributed by atoms with E-state index in [-0.39, 0.29) is 5.92 Å². The lowest BCUT2D eigenvalue weighted by Crippen LogP contribution is -2.42. The average Bonchev–Trinajstić information content (AvgIpc) is 2.43. The van der Waals surface area contributed by atoms with Crippen molar-refractivity contribution < 1.29 is 18.0 Å². The second kappa shape index (κ2) is 5.25. The molecule has 17 heavy (non-hydrogen) atoms. The second-order valence-corrected chi connectivity index (χ2v) is 4.85. The molecule has 1 aliphatic heterocycles. The predicted octanol–water partition coefficient (Wildman–Crippen LogP) is 2.13. The van der Waals surface area contributed by atoms with E-state index in [9.17, 15) is 18.0 Å². The van der Waals surface area contributed by atoms with Gasteiger partial charge in [-0.3, -0.25) is 10.1 Å². The van der Waals surface area contributed by atoms with Crippen LogP contribution >= 0.6 is 0 Å². The quantitative estimate of drug-likeness (QED) is 0.831. The molecule has 2 atom stereocenters. The van der Waals surface area contributed by atoms with Gasteiger partial charge in [0.1, 0.15) is 6.54 Å². The van der Waals surface area contributed by atoms with E-state index in [1.54, 1.807) is 6.92 Å². The highest BCUT2D eigenvalue weighted by atomic mass is 19.4. The van der Waals surface area contributed by atoms with E-state index in [1.165, 1.54) is 0 Å². The summed E-state index contributed by atoms with van der Waals surface area (Å²) in [4.78, 5) is 12.8. The Balaban J connectivity index is 2.72. The zero-order valence-corrected chi connectivity index (χ0v) is 10.3. The van der Waals surface area contributed by atoms with Crippen molar-refractivity contribution in [3.05, 3.63) is 0 Å². The molecule has 2 unspecified atom stereocenters. The molecule has 1 N–H and O–H groups in total. The van der Waals surface area contributed by atoms with Gasteiger partial charge < -0.3 is 4.90 Å². The SMILES string of the molecule is CCC1NC(CC(C)C)C(=O)N1CC(F)(F)F. The van der Waals surface area contributed by atoms with Crippen molar-refractivity contribution in [2.75, 3.05) is 6.54 Å². The summed E-state index contributed by atoms with van der Waals surface area (Å²) in [6.45, 7) is 4.50. The smallest absolute Gasteiger partial charge is 0.317 e. The predicted molar refractivity (Wildman–Crippen MR) is 58.2 cm³/mol. The molecule has 1 fully saturated rings. The summed E-state index contributed by atoms with van der Waals surface area (Å²) >= 11 is 0. The summed E-state index contributed by atoms with van der Waals surface area (Å²) in [5.41, 5.74) is 0. The molecule has 1 amide bonds. The van der Waals surface area contributed by atoms with Gasteiger partial charge in [-0.25, -0.2) is 0 Å². The molecular weight excluding hydrogens is 233 g/mol. The third-order valence-corrected chi connectivity index (χ3v) is 2.79. The molecule has 1 saturated heterocycles. The highest BCUT2D eigenvalue weighted by Gasteiger charge is 2.43. The Morgan fingerprint density at radius 3 is 2.41 bits per heavy atom. The molecule has 0 bridgehead atoms. The highest BCUT2D eigenvalue weighted by Crippen LogP contribution is 2.24. The van der Waals surface area contributed by atoms with Gasteiger partial charge in [-0.1, -0.05) is 20.8 Å². The van der Waals surface area contributed by atoms with Gasteiger partial charge in [-0.05, 0) is 18.8 Å². The number of carbonyl (C=O) groups is 1. The van der Waals surface area contributed by atoms with Gasteiger partial charge >= 0.3 is 6.18 Å². The number of rotatable bonds is 4. The summed E-state index contributed by atoms with van der Waals surface area (Å²) in [7, 11) is 0. The van der Waals surface area contributed by atoms with Crippen LogP contribution in [0.2, 0.25) is 0 Å². The lowest BCUT2D eigenvalue weighted by Gasteiger charge is -2.24. The average molecular weight is 252 g/mol. The maximum absolute atomic E-state index is 12.4. The van der Waals surface area contributed by atoms with Gasteiger partial charge in [0.05, 0.1) is 12.2 Å². The number of halogens is 3. The number of amides is 1. The van der Waals surface area contributed by atoms with Crippen LogP contribution in [-0.2, 0) is 4.79 Å². The van der Waals surface area contributed by atoms with Crippen molar-refractivity contribution >= 4 is 5.91 Å². The highest BCUT2D eigenvalue weighted by molar-refractivity contribution is 5.84. The Kier molecular flexibility index (Phi) is 4.41. The van der Waals surface area contributed by atoms with Crippen LogP contribution < -0.4 is 5.32 Å². The molecule has 1 heterocycles. The monoisotopic (exact) mass is 252 g/mol. The van der Waals surface area contributed by atoms with Crippen molar-refractivity contribution in [1.29, 1.82) is 0 Å². The van der Waals surface area contributed by atoms with Crippen LogP contribution in [0.5, 0.6) is 0 Å². The van der Waals surface area contributed by atoms with Crippen molar-refractivity contribution in [1.82, 2.24) is 10.2 Å². The molecule has 1 aliphatic rings. The number of hydrogen-bond acceptors (Lipinski definition) is 2. The van der Waals surface area contributed by atoms with E-state index in [1.807, 2.05) is 13.8 Å². The minimum Gasteiger partial charge on any atom is -0.317 e. The van der Waals surface area contributed by atoms with Crippen LogP contribution in [0.15, 0.2) is 0 Å². The van der Waals surface area contributed by atoms with E-state index in [4.69, 9.17) is 0 Å². The molecule has 0 aromatic rings. The van der Waals surface area contributed by atoms with E-state index in [0.29, 0.717) is 12.8 Å². The zero-order chi connectivity index (χ0) is 13.2. The minimum atomic E-state index is -4.34. The van der Waals surface area contributed by atoms with E-state index < -0.39 is 30.8 Å².